The molecule has 4 nitrogen and oxygen atoms in total. The number of halogens is 1. The molecule has 2 rings (SSSR count). The molecule has 0 bridgehead atoms. The molecule has 6 heteroatoms. The van der Waals surface area contributed by atoms with Gasteiger partial charge in [0.1, 0.15) is 0 Å². The third-order valence-corrected chi connectivity index (χ3v) is 6.41. The number of sulfonamides is 1. The van der Waals surface area contributed by atoms with Crippen molar-refractivity contribution in [1.82, 2.24) is 9.21 Å². The van der Waals surface area contributed by atoms with Crippen LogP contribution in [0, 0.1) is 0 Å². The first-order valence-electron chi connectivity index (χ1n) is 7.33. The molecule has 0 amide bonds. The van der Waals surface area contributed by atoms with E-state index in [-0.39, 0.29) is 6.04 Å². The van der Waals surface area contributed by atoms with Crippen LogP contribution in [0.2, 0.25) is 0 Å². The Kier molecular flexibility index (Phi) is 5.82. The SMILES string of the molecule is CN(C)CCN(C1CCCC1)S(=O)(=O)c1ccc(Br)cc1. The van der Waals surface area contributed by atoms with Gasteiger partial charge in [-0.05, 0) is 51.2 Å². The van der Waals surface area contributed by atoms with Crippen molar-refractivity contribution in [2.75, 3.05) is 27.2 Å². The lowest BCUT2D eigenvalue weighted by atomic mass is 10.2. The fourth-order valence-electron chi connectivity index (χ4n) is 2.73. The maximum Gasteiger partial charge on any atom is 0.243 e. The summed E-state index contributed by atoms with van der Waals surface area (Å²) in [5, 5.41) is 0. The lowest BCUT2D eigenvalue weighted by Gasteiger charge is -2.29. The Bertz CT molecular complexity index is 552. The van der Waals surface area contributed by atoms with Gasteiger partial charge in [-0.25, -0.2) is 8.42 Å². The zero-order chi connectivity index (χ0) is 15.5. The maximum absolute atomic E-state index is 12.9. The third kappa shape index (κ3) is 4.28. The van der Waals surface area contributed by atoms with Crippen LogP contribution in [0.15, 0.2) is 33.6 Å². The molecule has 0 aliphatic heterocycles. The Morgan fingerprint density at radius 3 is 2.19 bits per heavy atom. The van der Waals surface area contributed by atoms with Crippen molar-refractivity contribution in [2.24, 2.45) is 0 Å². The van der Waals surface area contributed by atoms with Crippen LogP contribution in [0.4, 0.5) is 0 Å². The second-order valence-electron chi connectivity index (χ2n) is 5.81. The zero-order valence-electron chi connectivity index (χ0n) is 12.6. The van der Waals surface area contributed by atoms with Crippen LogP contribution in [-0.2, 0) is 10.0 Å². The Hall–Kier alpha value is -0.430. The average Bonchev–Trinajstić information content (AvgIpc) is 2.92. The minimum Gasteiger partial charge on any atom is -0.308 e. The fraction of sp³-hybridized carbons (Fsp3) is 0.600. The number of hydrogen-bond donors (Lipinski definition) is 0. The lowest BCUT2D eigenvalue weighted by molar-refractivity contribution is 0.282. The second kappa shape index (κ2) is 7.22. The molecule has 1 aromatic carbocycles. The van der Waals surface area contributed by atoms with E-state index in [1.54, 1.807) is 28.6 Å². The van der Waals surface area contributed by atoms with Gasteiger partial charge in [0.25, 0.3) is 0 Å². The van der Waals surface area contributed by atoms with Gasteiger partial charge >= 0.3 is 0 Å². The molecule has 21 heavy (non-hydrogen) atoms. The van der Waals surface area contributed by atoms with E-state index >= 15 is 0 Å². The third-order valence-electron chi connectivity index (χ3n) is 3.92. The lowest BCUT2D eigenvalue weighted by Crippen LogP contribution is -2.42. The van der Waals surface area contributed by atoms with Crippen molar-refractivity contribution < 1.29 is 8.42 Å². The van der Waals surface area contributed by atoms with Crippen LogP contribution in [0.25, 0.3) is 0 Å². The van der Waals surface area contributed by atoms with Crippen LogP contribution >= 0.6 is 15.9 Å². The molecule has 0 radical (unpaired) electrons. The van der Waals surface area contributed by atoms with Gasteiger partial charge in [0.05, 0.1) is 4.90 Å². The molecule has 118 valence electrons. The Balaban J connectivity index is 2.26. The largest absolute Gasteiger partial charge is 0.308 e. The van der Waals surface area contributed by atoms with E-state index in [9.17, 15) is 8.42 Å². The molecule has 1 aliphatic rings. The second-order valence-corrected chi connectivity index (χ2v) is 8.62. The number of benzene rings is 1. The van der Waals surface area contributed by atoms with Crippen LogP contribution in [0.1, 0.15) is 25.7 Å². The van der Waals surface area contributed by atoms with E-state index < -0.39 is 10.0 Å². The molecule has 1 fully saturated rings. The number of hydrogen-bond acceptors (Lipinski definition) is 3. The quantitative estimate of drug-likeness (QED) is 0.768. The van der Waals surface area contributed by atoms with E-state index in [1.165, 1.54) is 0 Å². The summed E-state index contributed by atoms with van der Waals surface area (Å²) in [6.45, 7) is 1.29. The molecule has 0 N–H and O–H groups in total. The highest BCUT2D eigenvalue weighted by atomic mass is 79.9. The van der Waals surface area contributed by atoms with E-state index in [1.807, 2.05) is 19.0 Å². The Morgan fingerprint density at radius 1 is 1.10 bits per heavy atom. The summed E-state index contributed by atoms with van der Waals surface area (Å²) in [6.07, 6.45) is 4.20. The van der Waals surface area contributed by atoms with Crippen LogP contribution in [0.5, 0.6) is 0 Å². The van der Waals surface area contributed by atoms with E-state index in [0.29, 0.717) is 11.4 Å². The van der Waals surface area contributed by atoms with Gasteiger partial charge in [0, 0.05) is 23.6 Å². The van der Waals surface area contributed by atoms with Crippen LogP contribution in [-0.4, -0.2) is 50.8 Å². The van der Waals surface area contributed by atoms with Gasteiger partial charge < -0.3 is 4.90 Å². The molecule has 0 unspecified atom stereocenters. The van der Waals surface area contributed by atoms with Crippen molar-refractivity contribution in [3.63, 3.8) is 0 Å². The van der Waals surface area contributed by atoms with Crippen molar-refractivity contribution in [3.8, 4) is 0 Å². The molecular formula is C15H23BrN2O2S. The zero-order valence-corrected chi connectivity index (χ0v) is 15.0. The van der Waals surface area contributed by atoms with Crippen molar-refractivity contribution in [2.45, 2.75) is 36.6 Å². The first kappa shape index (κ1) is 16.9. The summed E-state index contributed by atoms with van der Waals surface area (Å²) in [6, 6.07) is 7.07. The molecule has 1 aliphatic carbocycles. The Labute approximate surface area is 136 Å². The van der Waals surface area contributed by atoms with Gasteiger partial charge in [-0.3, -0.25) is 0 Å². The summed E-state index contributed by atoms with van der Waals surface area (Å²) in [5.74, 6) is 0. The number of likely N-dealkylation sites (N-methyl/N-ethyl adjacent to an activating group) is 1. The molecular weight excluding hydrogens is 352 g/mol. The molecule has 0 aromatic heterocycles. The van der Waals surface area contributed by atoms with Gasteiger partial charge in [0.15, 0.2) is 0 Å². The van der Waals surface area contributed by atoms with Crippen molar-refractivity contribution >= 4 is 26.0 Å². The number of nitrogens with zero attached hydrogens (tertiary/aromatic N) is 2. The highest BCUT2D eigenvalue weighted by molar-refractivity contribution is 9.10. The van der Waals surface area contributed by atoms with E-state index in [2.05, 4.69) is 15.9 Å². The van der Waals surface area contributed by atoms with E-state index in [0.717, 1.165) is 36.7 Å². The smallest absolute Gasteiger partial charge is 0.243 e. The first-order valence-corrected chi connectivity index (χ1v) is 9.57. The summed E-state index contributed by atoms with van der Waals surface area (Å²) in [5.41, 5.74) is 0. The van der Waals surface area contributed by atoms with Gasteiger partial charge in [-0.15, -0.1) is 0 Å². The highest BCUT2D eigenvalue weighted by Crippen LogP contribution is 2.29. The standard InChI is InChI=1S/C15H23BrN2O2S/c1-17(2)11-12-18(14-5-3-4-6-14)21(19,20)15-9-7-13(16)8-10-15/h7-10,14H,3-6,11-12H2,1-2H3. The van der Waals surface area contributed by atoms with Crippen molar-refractivity contribution in [1.29, 1.82) is 0 Å². The topological polar surface area (TPSA) is 40.6 Å². The minimum atomic E-state index is -3.41. The Morgan fingerprint density at radius 2 is 1.67 bits per heavy atom. The van der Waals surface area contributed by atoms with Crippen molar-refractivity contribution in [3.05, 3.63) is 28.7 Å². The summed E-state index contributed by atoms with van der Waals surface area (Å²) < 4.78 is 28.5. The summed E-state index contributed by atoms with van der Waals surface area (Å²) in [7, 11) is 0.532. The van der Waals surface area contributed by atoms with E-state index in [4.69, 9.17) is 0 Å². The predicted molar refractivity (Wildman–Crippen MR) is 88.8 cm³/mol. The van der Waals surface area contributed by atoms with Crippen LogP contribution < -0.4 is 0 Å². The molecule has 0 heterocycles. The minimum absolute atomic E-state index is 0.151. The average molecular weight is 375 g/mol. The molecule has 0 saturated heterocycles. The first-order chi connectivity index (χ1) is 9.91. The van der Waals surface area contributed by atoms with Crippen LogP contribution in [0.3, 0.4) is 0 Å². The number of rotatable bonds is 6. The molecule has 1 saturated carbocycles. The molecule has 0 spiro atoms. The van der Waals surface area contributed by atoms with Gasteiger partial charge in [-0.1, -0.05) is 28.8 Å². The maximum atomic E-state index is 12.9. The summed E-state index contributed by atoms with van der Waals surface area (Å²) >= 11 is 3.35. The normalized spacial score (nSPS) is 17.0. The highest BCUT2D eigenvalue weighted by Gasteiger charge is 2.32. The predicted octanol–water partition coefficient (Wildman–Crippen LogP) is 2.94. The molecule has 0 atom stereocenters. The molecule has 1 aromatic rings. The fourth-order valence-corrected chi connectivity index (χ4v) is 4.67. The monoisotopic (exact) mass is 374 g/mol. The summed E-state index contributed by atoms with van der Waals surface area (Å²) in [4.78, 5) is 2.41. The van der Waals surface area contributed by atoms with Gasteiger partial charge in [-0.2, -0.15) is 4.31 Å². The van der Waals surface area contributed by atoms with Gasteiger partial charge in [0.2, 0.25) is 10.0 Å².